The number of rotatable bonds is 20. The number of nitrogens with zero attached hydrogens (tertiary/aromatic N) is 2. The molecule has 0 bridgehead atoms. The molecule has 1 aliphatic heterocycles. The minimum atomic E-state index is -4.85. The maximum absolute atomic E-state index is 12.7. The number of nitrogens with one attached hydrogen (secondary N) is 2. The molecular formula is C40H51BF3N4O7P. The molecule has 0 saturated carbocycles. The van der Waals surface area contributed by atoms with E-state index in [1.54, 1.807) is 14.2 Å². The van der Waals surface area contributed by atoms with Crippen molar-refractivity contribution in [2.24, 2.45) is 5.92 Å². The number of alkyl halides is 3. The maximum Gasteiger partial charge on any atom is 0.485 e. The number of amides is 2. The fraction of sp³-hybridized carbons (Fsp3) is 0.500. The summed E-state index contributed by atoms with van der Waals surface area (Å²) in [6, 6.07) is 22.9. The number of hydrogen-bond acceptors (Lipinski definition) is 8. The third-order valence-electron chi connectivity index (χ3n) is 9.30. The van der Waals surface area contributed by atoms with Crippen LogP contribution in [0.3, 0.4) is 0 Å². The second kappa shape index (κ2) is 21.0. The van der Waals surface area contributed by atoms with Crippen LogP contribution < -0.4 is 20.1 Å². The lowest BCUT2D eigenvalue weighted by atomic mass is 9.79. The number of ether oxygens (including phenoxy) is 4. The van der Waals surface area contributed by atoms with E-state index >= 15 is 0 Å². The van der Waals surface area contributed by atoms with Crippen LogP contribution in [0.5, 0.6) is 11.5 Å². The van der Waals surface area contributed by atoms with Gasteiger partial charge >= 0.3 is 12.3 Å². The molecule has 0 spiro atoms. The average molecular weight is 799 g/mol. The van der Waals surface area contributed by atoms with Crippen molar-refractivity contribution in [3.05, 3.63) is 107 Å². The van der Waals surface area contributed by atoms with Crippen LogP contribution in [0.25, 0.3) is 4.85 Å². The molecule has 2 amide bonds. The minimum Gasteiger partial charge on any atom is -0.497 e. The largest absolute Gasteiger partial charge is 0.497 e. The van der Waals surface area contributed by atoms with Crippen LogP contribution in [-0.4, -0.2) is 95.7 Å². The highest BCUT2D eigenvalue weighted by Gasteiger charge is 2.48. The molecule has 1 saturated heterocycles. The summed E-state index contributed by atoms with van der Waals surface area (Å²) in [4.78, 5) is 15.3. The van der Waals surface area contributed by atoms with Gasteiger partial charge in [-0.1, -0.05) is 54.6 Å². The van der Waals surface area contributed by atoms with Crippen molar-refractivity contribution >= 4 is 22.4 Å². The Hall–Kier alpha value is -3.90. The van der Waals surface area contributed by atoms with Crippen molar-refractivity contribution < 1.29 is 46.0 Å². The molecule has 2 unspecified atom stereocenters. The summed E-state index contributed by atoms with van der Waals surface area (Å²) in [7, 11) is 8.14. The third-order valence-corrected chi connectivity index (χ3v) is 11.4. The molecule has 1 aliphatic rings. The Bertz CT molecular complexity index is 1630. The van der Waals surface area contributed by atoms with Gasteiger partial charge in [0, 0.05) is 30.5 Å². The van der Waals surface area contributed by atoms with Gasteiger partial charge in [0.2, 0.25) is 6.54 Å². The number of hydrogen-bond donors (Lipinski definition) is 2. The SMILES string of the molecule is [B][C@@H]1O[C@H](COC(c2ccccc2)(c2ccc(OC)cc2)c2ccc(OC)cc2)C(OP(OCC[N+]#[C-])N(C(C)C)C(C)C)[C@@H]1CCCNC(=O)NC(F)(F)F. The van der Waals surface area contributed by atoms with Crippen LogP contribution in [0.1, 0.15) is 57.2 Å². The van der Waals surface area contributed by atoms with Gasteiger partial charge in [0.1, 0.15) is 37.7 Å². The van der Waals surface area contributed by atoms with Crippen LogP contribution in [0.2, 0.25) is 0 Å². The van der Waals surface area contributed by atoms with Crippen molar-refractivity contribution in [1.29, 1.82) is 0 Å². The molecule has 3 aromatic carbocycles. The summed E-state index contributed by atoms with van der Waals surface area (Å²) >= 11 is 0. The van der Waals surface area contributed by atoms with Crippen molar-refractivity contribution in [3.63, 3.8) is 0 Å². The van der Waals surface area contributed by atoms with Crippen molar-refractivity contribution in [2.75, 3.05) is 40.5 Å². The zero-order chi connectivity index (χ0) is 40.9. The molecule has 16 heteroatoms. The molecule has 1 heterocycles. The van der Waals surface area contributed by atoms with E-state index in [0.29, 0.717) is 17.9 Å². The van der Waals surface area contributed by atoms with Gasteiger partial charge in [0.15, 0.2) is 0 Å². The Labute approximate surface area is 330 Å². The number of carbonyl (C=O) groups is 1. The van der Waals surface area contributed by atoms with Crippen LogP contribution in [0.15, 0.2) is 78.9 Å². The quantitative estimate of drug-likeness (QED) is 0.0299. The lowest BCUT2D eigenvalue weighted by Crippen LogP contribution is -2.44. The van der Waals surface area contributed by atoms with Crippen molar-refractivity contribution in [3.8, 4) is 11.5 Å². The first-order chi connectivity index (χ1) is 26.7. The summed E-state index contributed by atoms with van der Waals surface area (Å²) in [6.07, 6.45) is -5.70. The lowest BCUT2D eigenvalue weighted by molar-refractivity contribution is -0.145. The van der Waals surface area contributed by atoms with Gasteiger partial charge in [-0.3, -0.25) is 0 Å². The highest BCUT2D eigenvalue weighted by Crippen LogP contribution is 2.51. The number of carbonyl (C=O) groups excluding carboxylic acids is 1. The number of benzene rings is 3. The summed E-state index contributed by atoms with van der Waals surface area (Å²) in [6.45, 7) is 15.6. The monoisotopic (exact) mass is 798 g/mol. The standard InChI is InChI=1S/C40H51BF3N4O7P/c1-27(2)48(28(3)4)56(53-25-24-45-5)55-36-34(14-11-23-46-38(49)47-40(42,43)44)37(41)54-35(36)26-52-39(29-12-9-8-10-13-29,30-15-19-32(50-6)20-16-30)31-17-21-33(51-7)22-18-31/h8-10,12-13,15-22,27-28,34-37H,11,14,23-26H2,1-4,6-7H3,(H2,46,47,49)/t34-,35+,36?,37+,56?/m0/s1. The van der Waals surface area contributed by atoms with Crippen LogP contribution in [0.4, 0.5) is 18.0 Å². The van der Waals surface area contributed by atoms with E-state index in [4.69, 9.17) is 42.4 Å². The van der Waals surface area contributed by atoms with Crippen molar-refractivity contribution in [1.82, 2.24) is 15.3 Å². The minimum absolute atomic E-state index is 0.00501. The Balaban J connectivity index is 1.75. The number of halogens is 3. The zero-order valence-electron chi connectivity index (χ0n) is 32.6. The van der Waals surface area contributed by atoms with E-state index < -0.39 is 50.6 Å². The Morgan fingerprint density at radius 3 is 1.98 bits per heavy atom. The molecule has 0 aliphatic carbocycles. The molecule has 1 fully saturated rings. The molecule has 5 atom stereocenters. The molecule has 56 heavy (non-hydrogen) atoms. The summed E-state index contributed by atoms with van der Waals surface area (Å²) < 4.78 is 78.0. The second-order valence-corrected chi connectivity index (χ2v) is 15.1. The molecule has 4 rings (SSSR count). The molecule has 3 aromatic rings. The molecule has 11 nitrogen and oxygen atoms in total. The summed E-state index contributed by atoms with van der Waals surface area (Å²) in [5.74, 6) is 0.868. The van der Waals surface area contributed by atoms with Crippen molar-refractivity contribution in [2.45, 2.75) is 82.7 Å². The van der Waals surface area contributed by atoms with E-state index in [1.165, 1.54) is 0 Å². The topological polar surface area (TPSA) is 104 Å². The predicted molar refractivity (Wildman–Crippen MR) is 209 cm³/mol. The van der Waals surface area contributed by atoms with E-state index in [0.717, 1.165) is 22.0 Å². The Kier molecular flexibility index (Phi) is 16.8. The van der Waals surface area contributed by atoms with Gasteiger partial charge in [-0.25, -0.2) is 21.4 Å². The molecule has 302 valence electrons. The van der Waals surface area contributed by atoms with E-state index in [-0.39, 0.29) is 44.8 Å². The molecule has 0 aromatic heterocycles. The average Bonchev–Trinajstić information content (AvgIpc) is 3.46. The summed E-state index contributed by atoms with van der Waals surface area (Å²) in [5, 5.41) is 3.20. The molecule has 2 radical (unpaired) electrons. The van der Waals surface area contributed by atoms with Gasteiger partial charge in [-0.05, 0) is 81.5 Å². The number of urea groups is 1. The molecule has 2 N–H and O–H groups in total. The highest BCUT2D eigenvalue weighted by molar-refractivity contribution is 7.44. The van der Waals surface area contributed by atoms with Crippen LogP contribution >= 0.6 is 8.53 Å². The smallest absolute Gasteiger partial charge is 0.485 e. The Morgan fingerprint density at radius 1 is 0.929 bits per heavy atom. The second-order valence-electron chi connectivity index (χ2n) is 13.7. The van der Waals surface area contributed by atoms with Gasteiger partial charge in [-0.2, -0.15) is 13.2 Å². The third kappa shape index (κ3) is 11.8. The van der Waals surface area contributed by atoms with Gasteiger partial charge in [0.05, 0.1) is 26.9 Å². The van der Waals surface area contributed by atoms with Gasteiger partial charge < -0.3 is 38.2 Å². The molecular weight excluding hydrogens is 747 g/mol. The fourth-order valence-electron chi connectivity index (χ4n) is 6.84. The van der Waals surface area contributed by atoms with Gasteiger partial charge in [-0.15, -0.1) is 0 Å². The maximum atomic E-state index is 12.7. The fourth-order valence-corrected chi connectivity index (χ4v) is 8.63. The normalized spacial score (nSPS) is 19.2. The highest BCUT2D eigenvalue weighted by atomic mass is 31.2. The van der Waals surface area contributed by atoms with Crippen LogP contribution in [0, 0.1) is 12.5 Å². The first kappa shape index (κ1) is 44.8. The lowest BCUT2D eigenvalue weighted by Gasteiger charge is -2.39. The first-order valence-corrected chi connectivity index (χ1v) is 19.6. The predicted octanol–water partition coefficient (Wildman–Crippen LogP) is 7.79. The van der Waals surface area contributed by atoms with E-state index in [2.05, 4.69) is 14.8 Å². The van der Waals surface area contributed by atoms with E-state index in [1.807, 2.05) is 107 Å². The zero-order valence-corrected chi connectivity index (χ0v) is 33.5. The summed E-state index contributed by atoms with van der Waals surface area (Å²) in [5.41, 5.74) is 1.28. The number of methoxy groups -OCH3 is 2. The van der Waals surface area contributed by atoms with E-state index in [9.17, 15) is 18.0 Å². The first-order valence-electron chi connectivity index (χ1n) is 18.5. The van der Waals surface area contributed by atoms with Crippen LogP contribution in [-0.2, 0) is 24.1 Å². The Morgan fingerprint density at radius 2 is 1.48 bits per heavy atom. The van der Waals surface area contributed by atoms with Gasteiger partial charge in [0.25, 0.3) is 8.53 Å².